The minimum Gasteiger partial charge on any atom is -0.480 e. The van der Waals surface area contributed by atoms with Gasteiger partial charge in [0.1, 0.15) is 48.3 Å². The van der Waals surface area contributed by atoms with Crippen LogP contribution in [0, 0.1) is 11.8 Å². The Kier molecular flexibility index (Phi) is 33.0. The molecule has 1 rings (SSSR count). The van der Waals surface area contributed by atoms with Crippen LogP contribution < -0.4 is 82.3 Å². The van der Waals surface area contributed by atoms with Crippen molar-refractivity contribution in [3.8, 4) is 0 Å². The second-order valence-corrected chi connectivity index (χ2v) is 20.1. The van der Waals surface area contributed by atoms with E-state index in [0.717, 1.165) is 0 Å². The minimum absolute atomic E-state index is 0.0322. The van der Waals surface area contributed by atoms with Crippen molar-refractivity contribution in [3.63, 3.8) is 0 Å². The van der Waals surface area contributed by atoms with Gasteiger partial charge < -0.3 is 92.5 Å². The fourth-order valence-corrected chi connectivity index (χ4v) is 8.02. The summed E-state index contributed by atoms with van der Waals surface area (Å²) in [7, 11) is 0. The number of carbonyl (C=O) groups is 12. The molecule has 29 nitrogen and oxygen atoms in total. The van der Waals surface area contributed by atoms with Gasteiger partial charge in [0, 0.05) is 6.54 Å². The summed E-state index contributed by atoms with van der Waals surface area (Å²) in [6.45, 7) is 8.34. The van der Waals surface area contributed by atoms with E-state index in [1.54, 1.807) is 58.0 Å². The number of carboxylic acid groups (broad SMARTS) is 1. The Balaban J connectivity index is 3.54. The van der Waals surface area contributed by atoms with Crippen LogP contribution in [-0.2, 0) is 59.2 Å². The topological polar surface area (TPSA) is 510 Å². The lowest BCUT2D eigenvalue weighted by atomic mass is 9.96. The molecule has 0 aromatic heterocycles. The molecule has 12 amide bonds. The first kappa shape index (κ1) is 70.5. The highest BCUT2D eigenvalue weighted by atomic mass is 16.4. The molecule has 0 bridgehead atoms. The van der Waals surface area contributed by atoms with Crippen molar-refractivity contribution in [2.75, 3.05) is 19.6 Å². The molecule has 0 fully saturated rings. The van der Waals surface area contributed by atoms with Crippen LogP contribution in [0.1, 0.15) is 117 Å². The maximum Gasteiger partial charge on any atom is 0.326 e. The number of unbranched alkanes of at least 4 members (excludes halogenated alkanes) is 2. The van der Waals surface area contributed by atoms with Crippen molar-refractivity contribution in [2.24, 2.45) is 46.2 Å². The Morgan fingerprint density at radius 3 is 1.38 bits per heavy atom. The number of primary amides is 3. The number of benzene rings is 1. The Morgan fingerprint density at radius 1 is 0.512 bits per heavy atom. The molecule has 0 saturated carbocycles. The minimum atomic E-state index is -1.82. The number of carboxylic acids is 1. The summed E-state index contributed by atoms with van der Waals surface area (Å²) in [5.74, 6) is -12.3. The number of hydrogen-bond donors (Lipinski definition) is 17. The second kappa shape index (κ2) is 37.4. The van der Waals surface area contributed by atoms with Gasteiger partial charge in [0.25, 0.3) is 0 Å². The molecule has 80 heavy (non-hydrogen) atoms. The van der Waals surface area contributed by atoms with Gasteiger partial charge in [0.15, 0.2) is 0 Å². The number of nitrogens with two attached hydrogens (primary N) is 6. The van der Waals surface area contributed by atoms with Gasteiger partial charge in [-0.3, -0.25) is 47.9 Å². The van der Waals surface area contributed by atoms with Crippen molar-refractivity contribution in [3.05, 3.63) is 35.9 Å². The smallest absolute Gasteiger partial charge is 0.326 e. The maximum atomic E-state index is 14.3. The highest BCUT2D eigenvalue weighted by Crippen LogP contribution is 2.14. The van der Waals surface area contributed by atoms with Crippen molar-refractivity contribution < 1.29 is 67.7 Å². The maximum absolute atomic E-state index is 14.3. The molecule has 450 valence electrons. The number of aliphatic hydroxyl groups excluding tert-OH is 1. The summed E-state index contributed by atoms with van der Waals surface area (Å²) in [6, 6.07) is -5.77. The van der Waals surface area contributed by atoms with Gasteiger partial charge in [0.05, 0.1) is 25.0 Å². The van der Waals surface area contributed by atoms with Crippen molar-refractivity contribution >= 4 is 71.1 Å². The van der Waals surface area contributed by atoms with Crippen molar-refractivity contribution in [2.45, 2.75) is 179 Å². The number of hydrogen-bond acceptors (Lipinski definition) is 16. The summed E-state index contributed by atoms with van der Waals surface area (Å²) in [6.07, 6.45) is -1.57. The first-order valence-corrected chi connectivity index (χ1v) is 26.8. The molecule has 0 saturated heterocycles. The third-order valence-corrected chi connectivity index (χ3v) is 12.7. The van der Waals surface area contributed by atoms with Crippen LogP contribution in [-0.4, -0.2) is 161 Å². The molecule has 23 N–H and O–H groups in total. The van der Waals surface area contributed by atoms with Gasteiger partial charge in [-0.25, -0.2) is 9.59 Å². The lowest BCUT2D eigenvalue weighted by Crippen LogP contribution is -2.62. The molecule has 0 heterocycles. The average Bonchev–Trinajstić information content (AvgIpc) is 3.38. The van der Waals surface area contributed by atoms with Gasteiger partial charge in [-0.1, -0.05) is 64.4 Å². The number of rotatable bonds is 40. The molecule has 0 unspecified atom stereocenters. The lowest BCUT2D eigenvalue weighted by molar-refractivity contribution is -0.142. The Morgan fingerprint density at radius 2 is 0.925 bits per heavy atom. The van der Waals surface area contributed by atoms with Gasteiger partial charge in [-0.05, 0) is 102 Å². The summed E-state index contributed by atoms with van der Waals surface area (Å²) in [5.41, 5.74) is 34.2. The SMILES string of the molecule is CC[C@H](C)[C@H](NC(=O)[C@H](CCCNC(N)=O)NC(=O)[C@H](CC(N)=O)NC(=O)[C@@H](NC(=O)[C@@H](N)Cc1ccccc1)[C@@H](C)O)C(=O)N[C@@H](CC(N)=O)C(=O)N[C@@H](CCCCN)C(=O)N[C@@H](CC(C)C)C(=O)N[C@@H](CCCCN)C(=O)O. The van der Waals surface area contributed by atoms with E-state index < -0.39 is 150 Å². The summed E-state index contributed by atoms with van der Waals surface area (Å²) in [5, 5.41) is 42.3. The van der Waals surface area contributed by atoms with Gasteiger partial charge in [-0.2, -0.15) is 0 Å². The fourth-order valence-electron chi connectivity index (χ4n) is 8.02. The van der Waals surface area contributed by atoms with Gasteiger partial charge in [-0.15, -0.1) is 0 Å². The van der Waals surface area contributed by atoms with Crippen molar-refractivity contribution in [1.29, 1.82) is 0 Å². The average molecular weight is 1130 g/mol. The predicted molar refractivity (Wildman–Crippen MR) is 292 cm³/mol. The first-order valence-electron chi connectivity index (χ1n) is 26.8. The number of carbonyl (C=O) groups excluding carboxylic acids is 11. The van der Waals surface area contributed by atoms with Crippen LogP contribution in [0.5, 0.6) is 0 Å². The standard InChI is InChI=1S/C51H87N15O14/c1-6-28(4)40(48(76)63-36(25-38(55)68)46(74)59-32(17-10-12-20-52)43(71)62-35(23-27(2)3)45(73)61-34(50(78)79)18-11-13-21-53)65-44(72)33(19-14-22-58-51(57)80)60-47(75)37(26-39(56)69)64-49(77)41(29(5)67)66-42(70)31(54)24-30-15-8-7-9-16-30/h7-9,15-16,27-29,31-37,40-41,67H,6,10-14,17-26,52-54H2,1-5H3,(H2,55,68)(H2,56,69)(H,59,74)(H,60,75)(H,61,73)(H,62,71)(H,63,76)(H,64,77)(H,65,72)(H,66,70)(H,78,79)(H3,57,58,80)/t28-,29+,31-,32-,33-,34-,35-,36-,37-,40-,41-/m0/s1. The van der Waals surface area contributed by atoms with Gasteiger partial charge in [0.2, 0.25) is 59.1 Å². The molecule has 0 radical (unpaired) electrons. The molecule has 0 aliphatic heterocycles. The highest BCUT2D eigenvalue weighted by molar-refractivity contribution is 6.00. The first-order chi connectivity index (χ1) is 37.6. The van der Waals surface area contributed by atoms with E-state index in [1.165, 1.54) is 6.92 Å². The largest absolute Gasteiger partial charge is 0.480 e. The third kappa shape index (κ3) is 27.4. The van der Waals surface area contributed by atoms with E-state index in [9.17, 15) is 67.7 Å². The van der Waals surface area contributed by atoms with E-state index in [4.69, 9.17) is 34.4 Å². The van der Waals surface area contributed by atoms with E-state index in [0.29, 0.717) is 31.4 Å². The summed E-state index contributed by atoms with van der Waals surface area (Å²) < 4.78 is 0. The number of urea groups is 1. The molecule has 0 aliphatic rings. The van der Waals surface area contributed by atoms with Gasteiger partial charge >= 0.3 is 12.0 Å². The predicted octanol–water partition coefficient (Wildman–Crippen LogP) is -4.55. The molecule has 29 heteroatoms. The molecule has 0 aliphatic carbocycles. The Labute approximate surface area is 465 Å². The quantitative estimate of drug-likeness (QED) is 0.0275. The van der Waals surface area contributed by atoms with E-state index in [-0.39, 0.29) is 70.4 Å². The van der Waals surface area contributed by atoms with Crippen LogP contribution in [0.4, 0.5) is 4.79 Å². The summed E-state index contributed by atoms with van der Waals surface area (Å²) in [4.78, 5) is 159. The number of aliphatic carboxylic acids is 1. The second-order valence-electron chi connectivity index (χ2n) is 20.1. The van der Waals surface area contributed by atoms with Crippen molar-refractivity contribution in [1.82, 2.24) is 47.9 Å². The number of nitrogens with one attached hydrogen (secondary N) is 9. The van der Waals surface area contributed by atoms with Crippen LogP contribution >= 0.6 is 0 Å². The van der Waals surface area contributed by atoms with Crippen LogP contribution in [0.2, 0.25) is 0 Å². The van der Waals surface area contributed by atoms with Crippen LogP contribution in [0.25, 0.3) is 0 Å². The molecule has 0 spiro atoms. The van der Waals surface area contributed by atoms with E-state index in [2.05, 4.69) is 47.9 Å². The Hall–Kier alpha value is -7.50. The molecule has 1 aromatic rings. The van der Waals surface area contributed by atoms with Crippen LogP contribution in [0.15, 0.2) is 30.3 Å². The monoisotopic (exact) mass is 1130 g/mol. The lowest BCUT2D eigenvalue weighted by Gasteiger charge is -2.30. The van der Waals surface area contributed by atoms with E-state index >= 15 is 0 Å². The molecular formula is C51H87N15O14. The van der Waals surface area contributed by atoms with E-state index in [1.807, 2.05) is 0 Å². The number of aliphatic hydroxyl groups is 1. The van der Waals surface area contributed by atoms with Crippen LogP contribution in [0.3, 0.4) is 0 Å². The normalized spacial score (nSPS) is 15.2. The highest BCUT2D eigenvalue weighted by Gasteiger charge is 2.37. The third-order valence-electron chi connectivity index (χ3n) is 12.7. The molecule has 11 atom stereocenters. The fraction of sp³-hybridized carbons (Fsp3) is 0.647. The molecule has 1 aromatic carbocycles. The summed E-state index contributed by atoms with van der Waals surface area (Å²) >= 11 is 0. The number of amides is 12. The zero-order valence-corrected chi connectivity index (χ0v) is 46.4. The Bertz CT molecular complexity index is 2220. The zero-order chi connectivity index (χ0) is 60.6. The zero-order valence-electron chi connectivity index (χ0n) is 46.4. The molecular weight excluding hydrogens is 1050 g/mol.